The van der Waals surface area contributed by atoms with Crippen LogP contribution in [0.25, 0.3) is 0 Å². The summed E-state index contributed by atoms with van der Waals surface area (Å²) in [5.74, 6) is 0. The molecule has 2 rings (SSSR count). The molecule has 2 heterocycles. The van der Waals surface area contributed by atoms with Crippen LogP contribution in [0.5, 0.6) is 0 Å². The van der Waals surface area contributed by atoms with Gasteiger partial charge in [-0.3, -0.25) is 14.3 Å². The van der Waals surface area contributed by atoms with E-state index in [4.69, 9.17) is 14.9 Å². The average Bonchev–Trinajstić information content (AvgIpc) is 2.72. The van der Waals surface area contributed by atoms with E-state index in [2.05, 4.69) is 4.98 Å². The summed E-state index contributed by atoms with van der Waals surface area (Å²) in [5.41, 5.74) is -1.51. The van der Waals surface area contributed by atoms with Gasteiger partial charge in [-0.2, -0.15) is 0 Å². The fourth-order valence-corrected chi connectivity index (χ4v) is 2.86. The molecule has 1 aromatic rings. The summed E-state index contributed by atoms with van der Waals surface area (Å²) in [4.78, 5) is 24.6. The Kier molecular flexibility index (Phi) is 3.67. The number of H-pyrrole nitrogens is 1. The van der Waals surface area contributed by atoms with Crippen LogP contribution in [0.1, 0.15) is 5.37 Å². The van der Waals surface area contributed by atoms with Gasteiger partial charge in [-0.1, -0.05) is 11.8 Å². The van der Waals surface area contributed by atoms with Gasteiger partial charge in [0.15, 0.2) is 0 Å². The van der Waals surface area contributed by atoms with E-state index in [1.165, 1.54) is 28.6 Å². The van der Waals surface area contributed by atoms with Crippen molar-refractivity contribution in [2.24, 2.45) is 0 Å². The van der Waals surface area contributed by atoms with E-state index in [1.54, 1.807) is 0 Å². The first kappa shape index (κ1) is 12.4. The molecule has 1 saturated heterocycles. The van der Waals surface area contributed by atoms with Crippen LogP contribution in [0.15, 0.2) is 21.9 Å². The Hall–Kier alpha value is -1.09. The molecule has 0 aromatic carbocycles. The first-order chi connectivity index (χ1) is 8.15. The zero-order chi connectivity index (χ0) is 12.4. The standard InChI is InChI=1S/C9H12N2O5S/c12-3-5-8(17-7(4-13)16-5)11-2-1-6(14)10-9(11)15/h1-2,5,7-8,12-13H,3-4H2,(H,10,14,15)/t5-,7-,8+/m0/s1. The molecular formula is C9H12N2O5S. The number of aliphatic hydroxyl groups is 2. The molecule has 17 heavy (non-hydrogen) atoms. The molecule has 0 bridgehead atoms. The molecule has 8 heteroatoms. The maximum absolute atomic E-state index is 11.6. The first-order valence-electron chi connectivity index (χ1n) is 5.00. The summed E-state index contributed by atoms with van der Waals surface area (Å²) in [6, 6.07) is 1.22. The second kappa shape index (κ2) is 5.05. The molecule has 1 fully saturated rings. The number of aromatic nitrogens is 2. The molecule has 0 spiro atoms. The number of aliphatic hydroxyl groups excluding tert-OH is 2. The molecule has 0 amide bonds. The predicted molar refractivity (Wildman–Crippen MR) is 60.8 cm³/mol. The summed E-state index contributed by atoms with van der Waals surface area (Å²) < 4.78 is 6.60. The SMILES string of the molecule is O=c1ccn([C@@H]2S[C@@H](CO)O[C@H]2CO)c(=O)[nH]1. The van der Waals surface area contributed by atoms with Crippen molar-refractivity contribution in [2.45, 2.75) is 16.9 Å². The summed E-state index contributed by atoms with van der Waals surface area (Å²) in [7, 11) is 0. The highest BCUT2D eigenvalue weighted by molar-refractivity contribution is 8.00. The fraction of sp³-hybridized carbons (Fsp3) is 0.556. The van der Waals surface area contributed by atoms with Gasteiger partial charge in [-0.05, 0) is 0 Å². The van der Waals surface area contributed by atoms with E-state index in [0.717, 1.165) is 0 Å². The van der Waals surface area contributed by atoms with Crippen molar-refractivity contribution in [3.8, 4) is 0 Å². The summed E-state index contributed by atoms with van der Waals surface area (Å²) in [6.07, 6.45) is 0.769. The van der Waals surface area contributed by atoms with Gasteiger partial charge in [0.2, 0.25) is 0 Å². The third kappa shape index (κ3) is 2.44. The molecular weight excluding hydrogens is 248 g/mol. The largest absolute Gasteiger partial charge is 0.394 e. The number of nitrogens with one attached hydrogen (secondary N) is 1. The Morgan fingerprint density at radius 2 is 2.18 bits per heavy atom. The Bertz CT molecular complexity index is 499. The lowest BCUT2D eigenvalue weighted by Crippen LogP contribution is -2.34. The Morgan fingerprint density at radius 1 is 1.41 bits per heavy atom. The topological polar surface area (TPSA) is 105 Å². The maximum Gasteiger partial charge on any atom is 0.329 e. The molecule has 0 radical (unpaired) electrons. The minimum Gasteiger partial charge on any atom is -0.394 e. The monoisotopic (exact) mass is 260 g/mol. The van der Waals surface area contributed by atoms with Gasteiger partial charge in [0.05, 0.1) is 13.2 Å². The molecule has 7 nitrogen and oxygen atoms in total. The van der Waals surface area contributed by atoms with Crippen molar-refractivity contribution in [1.82, 2.24) is 9.55 Å². The lowest BCUT2D eigenvalue weighted by molar-refractivity contribution is -0.0126. The van der Waals surface area contributed by atoms with Crippen LogP contribution in [-0.4, -0.2) is 44.5 Å². The lowest BCUT2D eigenvalue weighted by Gasteiger charge is -2.16. The predicted octanol–water partition coefficient (Wildman–Crippen LogP) is -1.52. The molecule has 3 N–H and O–H groups in total. The minimum absolute atomic E-state index is 0.199. The molecule has 0 saturated carbocycles. The van der Waals surface area contributed by atoms with E-state index >= 15 is 0 Å². The average molecular weight is 260 g/mol. The number of hydrogen-bond acceptors (Lipinski definition) is 6. The molecule has 3 atom stereocenters. The number of aromatic amines is 1. The van der Waals surface area contributed by atoms with Gasteiger partial charge in [-0.15, -0.1) is 0 Å². The molecule has 1 aliphatic rings. The van der Waals surface area contributed by atoms with Crippen LogP contribution in [-0.2, 0) is 4.74 Å². The quantitative estimate of drug-likeness (QED) is 0.609. The summed E-state index contributed by atoms with van der Waals surface area (Å²) in [6.45, 7) is -0.463. The van der Waals surface area contributed by atoms with Crippen LogP contribution in [0.2, 0.25) is 0 Å². The van der Waals surface area contributed by atoms with E-state index in [-0.39, 0.29) is 13.2 Å². The van der Waals surface area contributed by atoms with Crippen molar-refractivity contribution in [3.05, 3.63) is 33.1 Å². The number of rotatable bonds is 3. The van der Waals surface area contributed by atoms with E-state index in [0.29, 0.717) is 0 Å². The van der Waals surface area contributed by atoms with Crippen LogP contribution in [0.3, 0.4) is 0 Å². The molecule has 1 aromatic heterocycles. The normalized spacial score (nSPS) is 28.5. The number of ether oxygens (including phenoxy) is 1. The van der Waals surface area contributed by atoms with Crippen molar-refractivity contribution in [2.75, 3.05) is 13.2 Å². The molecule has 0 aliphatic carbocycles. The summed E-state index contributed by atoms with van der Waals surface area (Å²) >= 11 is 1.23. The van der Waals surface area contributed by atoms with Gasteiger partial charge in [-0.25, -0.2) is 4.79 Å². The Balaban J connectivity index is 2.32. The number of thioether (sulfide) groups is 1. The smallest absolute Gasteiger partial charge is 0.329 e. The Morgan fingerprint density at radius 3 is 2.76 bits per heavy atom. The highest BCUT2D eigenvalue weighted by Gasteiger charge is 2.36. The molecule has 0 unspecified atom stereocenters. The number of nitrogens with zero attached hydrogens (tertiary/aromatic N) is 1. The van der Waals surface area contributed by atoms with Crippen LogP contribution in [0.4, 0.5) is 0 Å². The highest BCUT2D eigenvalue weighted by atomic mass is 32.2. The summed E-state index contributed by atoms with van der Waals surface area (Å²) in [5, 5.41) is 17.7. The van der Waals surface area contributed by atoms with Gasteiger partial charge >= 0.3 is 5.69 Å². The molecule has 1 aliphatic heterocycles. The lowest BCUT2D eigenvalue weighted by atomic mass is 10.3. The zero-order valence-electron chi connectivity index (χ0n) is 8.78. The highest BCUT2D eigenvalue weighted by Crippen LogP contribution is 2.39. The zero-order valence-corrected chi connectivity index (χ0v) is 9.59. The van der Waals surface area contributed by atoms with Crippen molar-refractivity contribution in [3.63, 3.8) is 0 Å². The van der Waals surface area contributed by atoms with Crippen molar-refractivity contribution < 1.29 is 14.9 Å². The third-order valence-corrected chi connectivity index (χ3v) is 3.76. The molecule has 94 valence electrons. The van der Waals surface area contributed by atoms with Gasteiger partial charge in [0.1, 0.15) is 16.9 Å². The third-order valence-electron chi connectivity index (χ3n) is 2.39. The van der Waals surface area contributed by atoms with E-state index < -0.39 is 28.2 Å². The minimum atomic E-state index is -0.583. The second-order valence-corrected chi connectivity index (χ2v) is 4.79. The second-order valence-electron chi connectivity index (χ2n) is 3.51. The van der Waals surface area contributed by atoms with Crippen LogP contribution in [0, 0.1) is 0 Å². The van der Waals surface area contributed by atoms with Crippen molar-refractivity contribution in [1.29, 1.82) is 0 Å². The Labute approximate surface area is 100 Å². The fourth-order valence-electron chi connectivity index (χ4n) is 1.63. The van der Waals surface area contributed by atoms with Gasteiger partial charge < -0.3 is 14.9 Å². The van der Waals surface area contributed by atoms with E-state index in [9.17, 15) is 9.59 Å². The first-order valence-corrected chi connectivity index (χ1v) is 5.94. The van der Waals surface area contributed by atoms with Crippen LogP contribution >= 0.6 is 11.8 Å². The van der Waals surface area contributed by atoms with Crippen molar-refractivity contribution >= 4 is 11.8 Å². The van der Waals surface area contributed by atoms with Crippen LogP contribution < -0.4 is 11.2 Å². The van der Waals surface area contributed by atoms with Gasteiger partial charge in [0.25, 0.3) is 5.56 Å². The van der Waals surface area contributed by atoms with Gasteiger partial charge in [0, 0.05) is 12.3 Å². The van der Waals surface area contributed by atoms with E-state index in [1.807, 2.05) is 0 Å². The number of hydrogen-bond donors (Lipinski definition) is 3. The maximum atomic E-state index is 11.6.